The van der Waals surface area contributed by atoms with Crippen LogP contribution in [0.2, 0.25) is 5.02 Å². The normalized spacial score (nSPS) is 17.2. The van der Waals surface area contributed by atoms with Crippen molar-refractivity contribution in [2.45, 2.75) is 19.0 Å². The molecule has 52 heavy (non-hydrogen) atoms. The van der Waals surface area contributed by atoms with Crippen molar-refractivity contribution in [3.05, 3.63) is 124 Å². The lowest BCUT2D eigenvalue weighted by Crippen LogP contribution is -2.57. The first-order chi connectivity index (χ1) is 25.1. The Balaban J connectivity index is 1.26. The molecule has 0 radical (unpaired) electrons. The summed E-state index contributed by atoms with van der Waals surface area (Å²) in [5, 5.41) is 22.2. The Labute approximate surface area is 307 Å². The average Bonchev–Trinajstić information content (AvgIpc) is 3.55. The molecule has 14 heteroatoms. The molecule has 4 aromatic carbocycles. The van der Waals surface area contributed by atoms with Crippen molar-refractivity contribution >= 4 is 47.9 Å². The quantitative estimate of drug-likeness (QED) is 0.212. The minimum absolute atomic E-state index is 0.168. The molecule has 4 aromatic rings. The van der Waals surface area contributed by atoms with Crippen LogP contribution in [0.1, 0.15) is 44.7 Å². The number of nitrogens with one attached hydrogen (secondary N) is 1. The van der Waals surface area contributed by atoms with Gasteiger partial charge < -0.3 is 34.6 Å². The van der Waals surface area contributed by atoms with Gasteiger partial charge in [-0.2, -0.15) is 0 Å². The van der Waals surface area contributed by atoms with Crippen molar-refractivity contribution in [1.82, 2.24) is 20.0 Å². The highest BCUT2D eigenvalue weighted by molar-refractivity contribution is 6.58. The summed E-state index contributed by atoms with van der Waals surface area (Å²) in [5.74, 6) is 0.770. The smallest absolute Gasteiger partial charge is 0.488 e. The van der Waals surface area contributed by atoms with Gasteiger partial charge in [-0.15, -0.1) is 0 Å². The molecule has 1 saturated heterocycles. The summed E-state index contributed by atoms with van der Waals surface area (Å²) in [4.78, 5) is 51.0. The highest BCUT2D eigenvalue weighted by Gasteiger charge is 2.45. The lowest BCUT2D eigenvalue weighted by atomic mass is 9.79. The zero-order valence-corrected chi connectivity index (χ0v) is 29.8. The van der Waals surface area contributed by atoms with Crippen molar-refractivity contribution in [3.63, 3.8) is 0 Å². The van der Waals surface area contributed by atoms with Crippen molar-refractivity contribution < 1.29 is 33.9 Å². The van der Waals surface area contributed by atoms with Gasteiger partial charge in [0.1, 0.15) is 29.9 Å². The van der Waals surface area contributed by atoms with Crippen LogP contribution in [0.5, 0.6) is 11.5 Å². The number of aryl methyl sites for hydroxylation is 1. The number of piperazine rings is 1. The number of hydrogen-bond donors (Lipinski definition) is 3. The summed E-state index contributed by atoms with van der Waals surface area (Å²) in [6.45, 7) is 2.75. The molecule has 0 bridgehead atoms. The Kier molecular flexibility index (Phi) is 11.1. The van der Waals surface area contributed by atoms with Gasteiger partial charge in [-0.05, 0) is 59.9 Å². The second kappa shape index (κ2) is 15.9. The molecular weight excluding hydrogens is 685 g/mol. The summed E-state index contributed by atoms with van der Waals surface area (Å²) < 4.78 is 11.2. The summed E-state index contributed by atoms with van der Waals surface area (Å²) in [7, 11) is 1.42. The van der Waals surface area contributed by atoms with Crippen LogP contribution >= 0.6 is 11.6 Å². The Morgan fingerprint density at radius 3 is 2.35 bits per heavy atom. The Morgan fingerprint density at radius 1 is 0.942 bits per heavy atom. The number of urea groups is 1. The van der Waals surface area contributed by atoms with E-state index in [4.69, 9.17) is 26.1 Å². The van der Waals surface area contributed by atoms with Crippen LogP contribution in [0.15, 0.2) is 96.0 Å². The monoisotopic (exact) mass is 723 g/mol. The highest BCUT2D eigenvalue weighted by atomic mass is 35.5. The second-order valence-corrected chi connectivity index (χ2v) is 13.0. The van der Waals surface area contributed by atoms with E-state index < -0.39 is 31.1 Å². The molecule has 0 aliphatic carbocycles. The van der Waals surface area contributed by atoms with E-state index in [0.29, 0.717) is 27.9 Å². The fourth-order valence-electron chi connectivity index (χ4n) is 6.45. The molecule has 2 heterocycles. The summed E-state index contributed by atoms with van der Waals surface area (Å²) in [6.07, 6.45) is 0. The first kappa shape index (κ1) is 36.4. The maximum atomic E-state index is 14.8. The van der Waals surface area contributed by atoms with Crippen molar-refractivity contribution in [1.29, 1.82) is 0 Å². The molecule has 0 spiro atoms. The third kappa shape index (κ3) is 7.76. The van der Waals surface area contributed by atoms with E-state index in [0.717, 1.165) is 16.7 Å². The summed E-state index contributed by atoms with van der Waals surface area (Å²) in [6, 6.07) is 25.3. The standard InChI is InChI=1S/C38H39BClN5O7/c1-24-7-9-25(10-8-24)34-35(26-11-13-29(40)14-12-26)45(36(42-34)31-16-15-30(51-2)22-32(31)52-3)38(48)44-20-19-43(33(46)23-44)18-17-41-37(47)27-5-4-6-28(21-27)39(49)50/h4-16,21-22,34-35,49-50H,17-20,23H2,1-3H3,(H,41,47)/t34-,35+/m0/s1. The van der Waals surface area contributed by atoms with Gasteiger partial charge in [-0.3, -0.25) is 19.5 Å². The highest BCUT2D eigenvalue weighted by Crippen LogP contribution is 2.45. The molecule has 12 nitrogen and oxygen atoms in total. The molecule has 0 saturated carbocycles. The van der Waals surface area contributed by atoms with Gasteiger partial charge in [-0.1, -0.05) is 65.7 Å². The van der Waals surface area contributed by atoms with E-state index in [9.17, 15) is 24.4 Å². The van der Waals surface area contributed by atoms with Crippen LogP contribution in [0, 0.1) is 6.92 Å². The van der Waals surface area contributed by atoms with Crippen LogP contribution in [-0.4, -0.2) is 102 Å². The number of carbonyl (C=O) groups excluding carboxylic acids is 3. The van der Waals surface area contributed by atoms with E-state index in [1.807, 2.05) is 49.4 Å². The van der Waals surface area contributed by atoms with Crippen LogP contribution in [-0.2, 0) is 4.79 Å². The van der Waals surface area contributed by atoms with E-state index in [1.54, 1.807) is 60.4 Å². The van der Waals surface area contributed by atoms with Crippen LogP contribution < -0.4 is 20.3 Å². The van der Waals surface area contributed by atoms with Crippen molar-refractivity contribution in [3.8, 4) is 11.5 Å². The zero-order valence-electron chi connectivity index (χ0n) is 29.0. The van der Waals surface area contributed by atoms with E-state index in [2.05, 4.69) is 5.32 Å². The van der Waals surface area contributed by atoms with Crippen molar-refractivity contribution in [2.75, 3.05) is 46.9 Å². The van der Waals surface area contributed by atoms with E-state index >= 15 is 0 Å². The van der Waals surface area contributed by atoms with Crippen LogP contribution in [0.25, 0.3) is 0 Å². The fourth-order valence-corrected chi connectivity index (χ4v) is 6.57. The zero-order chi connectivity index (χ0) is 36.9. The molecular formula is C38H39BClN5O7. The maximum absolute atomic E-state index is 14.8. The van der Waals surface area contributed by atoms with Gasteiger partial charge in [0.05, 0.1) is 25.8 Å². The number of halogens is 1. The molecule has 2 aliphatic rings. The van der Waals surface area contributed by atoms with Crippen LogP contribution in [0.3, 0.4) is 0 Å². The number of benzene rings is 4. The van der Waals surface area contributed by atoms with Crippen LogP contribution in [0.4, 0.5) is 4.79 Å². The lowest BCUT2D eigenvalue weighted by molar-refractivity contribution is -0.134. The van der Waals surface area contributed by atoms with Gasteiger partial charge in [0.25, 0.3) is 5.91 Å². The molecule has 2 aliphatic heterocycles. The number of rotatable bonds is 10. The number of nitrogens with zero attached hydrogens (tertiary/aromatic N) is 4. The number of aliphatic imine (C=N–C) groups is 1. The Bertz CT molecular complexity index is 1980. The first-order valence-electron chi connectivity index (χ1n) is 16.8. The number of amidine groups is 1. The molecule has 4 amide bonds. The molecule has 1 fully saturated rings. The predicted octanol–water partition coefficient (Wildman–Crippen LogP) is 3.58. The molecule has 3 N–H and O–H groups in total. The molecule has 0 aromatic heterocycles. The minimum atomic E-state index is -1.69. The van der Waals surface area contributed by atoms with Gasteiger partial charge >= 0.3 is 13.1 Å². The summed E-state index contributed by atoms with van der Waals surface area (Å²) in [5.41, 5.74) is 3.87. The fraction of sp³-hybridized carbons (Fsp3) is 0.263. The molecule has 0 unspecified atom stereocenters. The number of ether oxygens (including phenoxy) is 2. The number of amides is 4. The van der Waals surface area contributed by atoms with Gasteiger partial charge in [-0.25, -0.2) is 4.79 Å². The maximum Gasteiger partial charge on any atom is 0.488 e. The Morgan fingerprint density at radius 2 is 1.67 bits per heavy atom. The first-order valence-corrected chi connectivity index (χ1v) is 17.2. The lowest BCUT2D eigenvalue weighted by Gasteiger charge is -2.38. The number of methoxy groups -OCH3 is 2. The Hall–Kier alpha value is -5.37. The SMILES string of the molecule is COc1ccc(C2=N[C@@H](c3ccc(C)cc3)[C@@H](c3ccc(Cl)cc3)N2C(=O)N2CCN(CCNC(=O)c3cccc(B(O)O)c3)C(=O)C2)c(OC)c1. The third-order valence-corrected chi connectivity index (χ3v) is 9.51. The minimum Gasteiger partial charge on any atom is -0.497 e. The summed E-state index contributed by atoms with van der Waals surface area (Å²) >= 11 is 6.31. The number of hydrogen-bond acceptors (Lipinski definition) is 8. The van der Waals surface area contributed by atoms with Crippen molar-refractivity contribution in [2.24, 2.45) is 4.99 Å². The van der Waals surface area contributed by atoms with Gasteiger partial charge in [0.2, 0.25) is 5.91 Å². The molecule has 6 rings (SSSR count). The third-order valence-electron chi connectivity index (χ3n) is 9.26. The second-order valence-electron chi connectivity index (χ2n) is 12.6. The predicted molar refractivity (Wildman–Crippen MR) is 198 cm³/mol. The topological polar surface area (TPSA) is 144 Å². The number of carbonyl (C=O) groups is 3. The average molecular weight is 724 g/mol. The van der Waals surface area contributed by atoms with E-state index in [-0.39, 0.29) is 49.7 Å². The largest absolute Gasteiger partial charge is 0.497 e. The van der Waals surface area contributed by atoms with E-state index in [1.165, 1.54) is 17.0 Å². The van der Waals surface area contributed by atoms with Gasteiger partial charge in [0.15, 0.2) is 0 Å². The van der Waals surface area contributed by atoms with Gasteiger partial charge in [0, 0.05) is 42.8 Å². The molecule has 268 valence electrons. The molecule has 2 atom stereocenters.